The number of alkyl halides is 1. The third kappa shape index (κ3) is 2.86. The molecule has 1 atom stereocenters. The van der Waals surface area contributed by atoms with Gasteiger partial charge in [-0.05, 0) is 43.0 Å². The first-order valence-electron chi connectivity index (χ1n) is 4.73. The highest BCUT2D eigenvalue weighted by Gasteiger charge is 2.19. The summed E-state index contributed by atoms with van der Waals surface area (Å²) in [5.74, 6) is 1.53. The zero-order valence-electron chi connectivity index (χ0n) is 8.00. The summed E-state index contributed by atoms with van der Waals surface area (Å²) in [4.78, 5) is 0. The fourth-order valence-electron chi connectivity index (χ4n) is 1.34. The SMILES string of the molecule is ClCCCC1Oc2ccc(Cl)cc2NS1. The van der Waals surface area contributed by atoms with Crippen molar-refractivity contribution in [2.45, 2.75) is 18.3 Å². The predicted octanol–water partition coefficient (Wildman–Crippen LogP) is 4.14. The van der Waals surface area contributed by atoms with Gasteiger partial charge >= 0.3 is 0 Å². The topological polar surface area (TPSA) is 21.3 Å². The summed E-state index contributed by atoms with van der Waals surface area (Å²) < 4.78 is 9.00. The fourth-order valence-corrected chi connectivity index (χ4v) is 2.52. The number of hydrogen-bond donors (Lipinski definition) is 1. The van der Waals surface area contributed by atoms with Gasteiger partial charge < -0.3 is 9.46 Å². The molecule has 0 saturated carbocycles. The molecule has 2 rings (SSSR count). The minimum absolute atomic E-state index is 0.137. The molecule has 82 valence electrons. The van der Waals surface area contributed by atoms with Crippen molar-refractivity contribution < 1.29 is 4.74 Å². The van der Waals surface area contributed by atoms with Crippen molar-refractivity contribution in [3.05, 3.63) is 23.2 Å². The second-order valence-electron chi connectivity index (χ2n) is 3.24. The van der Waals surface area contributed by atoms with Gasteiger partial charge in [-0.25, -0.2) is 0 Å². The maximum absolute atomic E-state index is 5.87. The zero-order chi connectivity index (χ0) is 10.7. The predicted molar refractivity (Wildman–Crippen MR) is 67.0 cm³/mol. The van der Waals surface area contributed by atoms with E-state index in [0.29, 0.717) is 10.9 Å². The van der Waals surface area contributed by atoms with Crippen LogP contribution in [-0.2, 0) is 0 Å². The molecule has 0 bridgehead atoms. The molecule has 1 aliphatic rings. The molecule has 5 heteroatoms. The average molecular weight is 264 g/mol. The van der Waals surface area contributed by atoms with Crippen LogP contribution in [0.25, 0.3) is 0 Å². The van der Waals surface area contributed by atoms with Crippen LogP contribution >= 0.6 is 35.1 Å². The molecule has 0 aliphatic carbocycles. The van der Waals surface area contributed by atoms with E-state index in [-0.39, 0.29) is 5.44 Å². The second-order valence-corrected chi connectivity index (χ2v) is 5.02. The highest BCUT2D eigenvalue weighted by Crippen LogP contribution is 2.37. The third-order valence-corrected chi connectivity index (χ3v) is 3.51. The monoisotopic (exact) mass is 263 g/mol. The first kappa shape index (κ1) is 11.2. The molecule has 1 heterocycles. The first-order valence-corrected chi connectivity index (χ1v) is 6.52. The van der Waals surface area contributed by atoms with Crippen LogP contribution in [0.2, 0.25) is 5.02 Å². The van der Waals surface area contributed by atoms with Gasteiger partial charge in [0.05, 0.1) is 5.69 Å². The smallest absolute Gasteiger partial charge is 0.163 e. The van der Waals surface area contributed by atoms with Crippen LogP contribution in [0.1, 0.15) is 12.8 Å². The van der Waals surface area contributed by atoms with E-state index in [0.717, 1.165) is 24.3 Å². The number of anilines is 1. The lowest BCUT2D eigenvalue weighted by Crippen LogP contribution is -2.19. The van der Waals surface area contributed by atoms with E-state index >= 15 is 0 Å². The summed E-state index contributed by atoms with van der Waals surface area (Å²) in [5, 5.41) is 0.713. The van der Waals surface area contributed by atoms with Gasteiger partial charge in [-0.3, -0.25) is 0 Å². The number of fused-ring (bicyclic) bond motifs is 1. The van der Waals surface area contributed by atoms with Gasteiger partial charge in [-0.2, -0.15) is 0 Å². The quantitative estimate of drug-likeness (QED) is 0.655. The Hall–Kier alpha value is -0.250. The molecular formula is C10H11Cl2NOS. The van der Waals surface area contributed by atoms with Crippen LogP contribution in [0, 0.1) is 0 Å². The normalized spacial score (nSPS) is 18.9. The van der Waals surface area contributed by atoms with E-state index in [2.05, 4.69) is 4.72 Å². The van der Waals surface area contributed by atoms with Crippen LogP contribution in [-0.4, -0.2) is 11.3 Å². The van der Waals surface area contributed by atoms with Gasteiger partial charge in [0, 0.05) is 10.9 Å². The molecule has 0 spiro atoms. The van der Waals surface area contributed by atoms with Crippen molar-refractivity contribution >= 4 is 40.8 Å². The largest absolute Gasteiger partial charge is 0.476 e. The molecule has 0 amide bonds. The van der Waals surface area contributed by atoms with E-state index in [9.17, 15) is 0 Å². The van der Waals surface area contributed by atoms with Gasteiger partial charge in [-0.1, -0.05) is 11.6 Å². The molecule has 1 unspecified atom stereocenters. The Morgan fingerprint density at radius 1 is 1.47 bits per heavy atom. The highest BCUT2D eigenvalue weighted by atomic mass is 35.5. The van der Waals surface area contributed by atoms with E-state index in [1.54, 1.807) is 11.9 Å². The van der Waals surface area contributed by atoms with Crippen molar-refractivity contribution in [2.24, 2.45) is 0 Å². The van der Waals surface area contributed by atoms with Crippen LogP contribution in [0.15, 0.2) is 18.2 Å². The van der Waals surface area contributed by atoms with Gasteiger partial charge in [0.2, 0.25) is 0 Å². The van der Waals surface area contributed by atoms with Crippen LogP contribution < -0.4 is 9.46 Å². The Bertz CT molecular complexity index is 348. The summed E-state index contributed by atoms with van der Waals surface area (Å²) >= 11 is 13.1. The van der Waals surface area contributed by atoms with Crippen molar-refractivity contribution in [2.75, 3.05) is 10.6 Å². The van der Waals surface area contributed by atoms with E-state index in [4.69, 9.17) is 27.9 Å². The number of nitrogens with one attached hydrogen (secondary N) is 1. The Morgan fingerprint density at radius 2 is 2.33 bits per heavy atom. The molecule has 0 fully saturated rings. The van der Waals surface area contributed by atoms with Gasteiger partial charge in [0.25, 0.3) is 0 Å². The molecule has 1 aliphatic heterocycles. The molecule has 2 nitrogen and oxygen atoms in total. The molecule has 0 aromatic heterocycles. The minimum atomic E-state index is 0.137. The molecule has 15 heavy (non-hydrogen) atoms. The highest BCUT2D eigenvalue weighted by molar-refractivity contribution is 8.01. The Labute approximate surface area is 103 Å². The van der Waals surface area contributed by atoms with Crippen molar-refractivity contribution in [3.8, 4) is 5.75 Å². The maximum atomic E-state index is 5.87. The number of rotatable bonds is 3. The van der Waals surface area contributed by atoms with Gasteiger partial charge in [-0.15, -0.1) is 11.6 Å². The third-order valence-electron chi connectivity index (χ3n) is 2.07. The zero-order valence-corrected chi connectivity index (χ0v) is 10.3. The molecule has 1 N–H and O–H groups in total. The number of ether oxygens (including phenoxy) is 1. The van der Waals surface area contributed by atoms with Gasteiger partial charge in [0.1, 0.15) is 5.75 Å². The lowest BCUT2D eigenvalue weighted by Gasteiger charge is -2.26. The molecule has 1 aromatic carbocycles. The average Bonchev–Trinajstić information content (AvgIpc) is 2.26. The Morgan fingerprint density at radius 3 is 3.13 bits per heavy atom. The number of halogens is 2. The van der Waals surface area contributed by atoms with Crippen LogP contribution in [0.4, 0.5) is 5.69 Å². The van der Waals surface area contributed by atoms with Crippen molar-refractivity contribution in [3.63, 3.8) is 0 Å². The maximum Gasteiger partial charge on any atom is 0.163 e. The first-order chi connectivity index (χ1) is 7.29. The molecule has 0 radical (unpaired) electrons. The molecule has 0 saturated heterocycles. The van der Waals surface area contributed by atoms with Crippen molar-refractivity contribution in [1.29, 1.82) is 0 Å². The lowest BCUT2D eigenvalue weighted by molar-refractivity contribution is 0.275. The molecule has 1 aromatic rings. The number of hydrogen-bond acceptors (Lipinski definition) is 3. The molecular weight excluding hydrogens is 253 g/mol. The van der Waals surface area contributed by atoms with Crippen molar-refractivity contribution in [1.82, 2.24) is 0 Å². The Kier molecular flexibility index (Phi) is 3.89. The standard InChI is InChI=1S/C10H11Cl2NOS/c11-5-1-2-10-14-9-4-3-7(12)6-8(9)13-15-10/h3-4,6,10,13H,1-2,5H2. The lowest BCUT2D eigenvalue weighted by atomic mass is 10.3. The van der Waals surface area contributed by atoms with E-state index in [1.807, 2.05) is 18.2 Å². The van der Waals surface area contributed by atoms with Crippen LogP contribution in [0.3, 0.4) is 0 Å². The summed E-state index contributed by atoms with van der Waals surface area (Å²) in [7, 11) is 0. The Balaban J connectivity index is 2.03. The summed E-state index contributed by atoms with van der Waals surface area (Å²) in [5.41, 5.74) is 1.08. The summed E-state index contributed by atoms with van der Waals surface area (Å²) in [6.07, 6.45) is 1.91. The minimum Gasteiger partial charge on any atom is -0.476 e. The van der Waals surface area contributed by atoms with E-state index < -0.39 is 0 Å². The summed E-state index contributed by atoms with van der Waals surface area (Å²) in [6, 6.07) is 5.58. The fraction of sp³-hybridized carbons (Fsp3) is 0.400. The second kappa shape index (κ2) is 5.19. The summed E-state index contributed by atoms with van der Waals surface area (Å²) in [6.45, 7) is 0. The van der Waals surface area contributed by atoms with E-state index in [1.165, 1.54) is 0 Å². The number of benzene rings is 1. The van der Waals surface area contributed by atoms with Gasteiger partial charge in [0.15, 0.2) is 5.44 Å². The van der Waals surface area contributed by atoms with Crippen LogP contribution in [0.5, 0.6) is 5.75 Å².